The van der Waals surface area contributed by atoms with Crippen LogP contribution in [0.3, 0.4) is 0 Å². The molecule has 0 amide bonds. The maximum Gasteiger partial charge on any atom is 0.0161 e. The van der Waals surface area contributed by atoms with Crippen LogP contribution in [0.4, 0.5) is 0 Å². The molecule has 0 fully saturated rings. The highest BCUT2D eigenvalue weighted by atomic mass is 14.8. The third kappa shape index (κ3) is 7.80. The van der Waals surface area contributed by atoms with Gasteiger partial charge in [-0.3, -0.25) is 0 Å². The van der Waals surface area contributed by atoms with E-state index in [1.807, 2.05) is 0 Å². The molecule has 0 aromatic rings. The first-order chi connectivity index (χ1) is 5.45. The van der Waals surface area contributed by atoms with Gasteiger partial charge >= 0.3 is 0 Å². The summed E-state index contributed by atoms with van der Waals surface area (Å²) in [4.78, 5) is 0. The second-order valence-electron chi connectivity index (χ2n) is 4.62. The molecule has 12 heavy (non-hydrogen) atoms. The number of rotatable bonds is 4. The van der Waals surface area contributed by atoms with Gasteiger partial charge in [-0.2, -0.15) is 0 Å². The van der Waals surface area contributed by atoms with Gasteiger partial charge in [0.2, 0.25) is 0 Å². The highest BCUT2D eigenvalue weighted by Crippen LogP contribution is 2.16. The van der Waals surface area contributed by atoms with E-state index in [1.165, 1.54) is 12.0 Å². The fourth-order valence-corrected chi connectivity index (χ4v) is 0.851. The molecule has 0 spiro atoms. The van der Waals surface area contributed by atoms with Crippen LogP contribution in [0.2, 0.25) is 0 Å². The largest absolute Gasteiger partial charge is 0.313 e. The zero-order valence-corrected chi connectivity index (χ0v) is 9.20. The Morgan fingerprint density at radius 3 is 2.33 bits per heavy atom. The average molecular weight is 169 g/mol. The first kappa shape index (κ1) is 11.7. The molecule has 0 saturated heterocycles. The van der Waals surface area contributed by atoms with Gasteiger partial charge in [0.25, 0.3) is 0 Å². The van der Waals surface area contributed by atoms with Crippen LogP contribution in [0.15, 0.2) is 11.6 Å². The Balaban J connectivity index is 3.34. The predicted molar refractivity (Wildman–Crippen MR) is 56.4 cm³/mol. The molecular weight excluding hydrogens is 146 g/mol. The molecule has 72 valence electrons. The lowest BCUT2D eigenvalue weighted by atomic mass is 9.92. The van der Waals surface area contributed by atoms with Crippen LogP contribution in [0, 0.1) is 5.41 Å². The molecule has 0 aliphatic rings. The maximum atomic E-state index is 3.42. The molecule has 0 aliphatic carbocycles. The first-order valence-electron chi connectivity index (χ1n) is 4.78. The molecule has 1 N–H and O–H groups in total. The number of allylic oxidation sites excluding steroid dienone is 1. The summed E-state index contributed by atoms with van der Waals surface area (Å²) < 4.78 is 0. The monoisotopic (exact) mass is 169 g/mol. The van der Waals surface area contributed by atoms with Gasteiger partial charge in [0.05, 0.1) is 0 Å². The van der Waals surface area contributed by atoms with E-state index in [2.05, 4.69) is 46.0 Å². The minimum Gasteiger partial charge on any atom is -0.313 e. The van der Waals surface area contributed by atoms with E-state index < -0.39 is 0 Å². The summed E-state index contributed by atoms with van der Waals surface area (Å²) in [7, 11) is 0. The summed E-state index contributed by atoms with van der Waals surface area (Å²) >= 11 is 0. The van der Waals surface area contributed by atoms with E-state index in [0.29, 0.717) is 5.41 Å². The Morgan fingerprint density at radius 1 is 1.33 bits per heavy atom. The third-order valence-corrected chi connectivity index (χ3v) is 1.95. The summed E-state index contributed by atoms with van der Waals surface area (Å²) in [5, 5.41) is 3.42. The van der Waals surface area contributed by atoms with Gasteiger partial charge in [0.15, 0.2) is 0 Å². The molecule has 0 radical (unpaired) electrons. The van der Waals surface area contributed by atoms with Crippen molar-refractivity contribution in [3.8, 4) is 0 Å². The molecule has 0 heterocycles. The highest BCUT2D eigenvalue weighted by Gasteiger charge is 2.08. The smallest absolute Gasteiger partial charge is 0.0161 e. The fraction of sp³-hybridized carbons (Fsp3) is 0.818. The van der Waals surface area contributed by atoms with Gasteiger partial charge < -0.3 is 5.32 Å². The van der Waals surface area contributed by atoms with Crippen molar-refractivity contribution in [3.63, 3.8) is 0 Å². The van der Waals surface area contributed by atoms with Crippen molar-refractivity contribution >= 4 is 0 Å². The van der Waals surface area contributed by atoms with Crippen molar-refractivity contribution in [1.82, 2.24) is 5.32 Å². The van der Waals surface area contributed by atoms with Crippen molar-refractivity contribution in [2.75, 3.05) is 13.1 Å². The van der Waals surface area contributed by atoms with Gasteiger partial charge in [-0.15, -0.1) is 0 Å². The van der Waals surface area contributed by atoms with Crippen LogP contribution in [-0.4, -0.2) is 13.1 Å². The molecule has 0 aliphatic heterocycles. The minimum absolute atomic E-state index is 0.455. The average Bonchev–Trinajstić information content (AvgIpc) is 1.96. The van der Waals surface area contributed by atoms with Crippen LogP contribution in [0.1, 0.15) is 41.0 Å². The third-order valence-electron chi connectivity index (χ3n) is 1.95. The highest BCUT2D eigenvalue weighted by molar-refractivity contribution is 4.97. The molecule has 0 unspecified atom stereocenters. The summed E-state index contributed by atoms with van der Waals surface area (Å²) in [6.45, 7) is 13.2. The fourth-order valence-electron chi connectivity index (χ4n) is 0.851. The normalized spacial score (nSPS) is 13.6. The van der Waals surface area contributed by atoms with E-state index in [4.69, 9.17) is 0 Å². The van der Waals surface area contributed by atoms with Crippen LogP contribution < -0.4 is 5.32 Å². The molecule has 0 aromatic heterocycles. The Labute approximate surface area is 77.2 Å². The predicted octanol–water partition coefficient (Wildman–Crippen LogP) is 2.98. The quantitative estimate of drug-likeness (QED) is 0.504. The minimum atomic E-state index is 0.455. The van der Waals surface area contributed by atoms with Crippen LogP contribution in [0.5, 0.6) is 0 Å². The Kier molecular flexibility index (Phi) is 5.23. The lowest BCUT2D eigenvalue weighted by molar-refractivity contribution is 0.370. The molecule has 0 bridgehead atoms. The topological polar surface area (TPSA) is 12.0 Å². The van der Waals surface area contributed by atoms with Crippen molar-refractivity contribution in [2.45, 2.75) is 41.0 Å². The molecule has 0 rings (SSSR count). The first-order valence-corrected chi connectivity index (χ1v) is 4.78. The maximum absolute atomic E-state index is 3.42. The Morgan fingerprint density at radius 2 is 1.92 bits per heavy atom. The summed E-state index contributed by atoms with van der Waals surface area (Å²) in [6.07, 6.45) is 3.40. The summed E-state index contributed by atoms with van der Waals surface area (Å²) in [6, 6.07) is 0. The van der Waals surface area contributed by atoms with E-state index in [-0.39, 0.29) is 0 Å². The number of hydrogen-bond donors (Lipinski definition) is 1. The zero-order chi connectivity index (χ0) is 9.61. The number of nitrogens with one attached hydrogen (secondary N) is 1. The SMILES string of the molecule is C/C=C(/C)CNCCC(C)(C)C. The molecule has 1 nitrogen and oxygen atoms in total. The van der Waals surface area contributed by atoms with Crippen molar-refractivity contribution in [2.24, 2.45) is 5.41 Å². The van der Waals surface area contributed by atoms with Gasteiger partial charge in [-0.1, -0.05) is 32.4 Å². The molecule has 0 aromatic carbocycles. The van der Waals surface area contributed by atoms with Gasteiger partial charge in [-0.25, -0.2) is 0 Å². The summed E-state index contributed by atoms with van der Waals surface area (Å²) in [5.41, 5.74) is 1.88. The Hall–Kier alpha value is -0.300. The van der Waals surface area contributed by atoms with Crippen molar-refractivity contribution in [3.05, 3.63) is 11.6 Å². The van der Waals surface area contributed by atoms with E-state index in [1.54, 1.807) is 0 Å². The summed E-state index contributed by atoms with van der Waals surface area (Å²) in [5.74, 6) is 0. The van der Waals surface area contributed by atoms with Crippen LogP contribution >= 0.6 is 0 Å². The van der Waals surface area contributed by atoms with Crippen molar-refractivity contribution < 1.29 is 0 Å². The number of hydrogen-bond acceptors (Lipinski definition) is 1. The van der Waals surface area contributed by atoms with Crippen LogP contribution in [-0.2, 0) is 0 Å². The van der Waals surface area contributed by atoms with Crippen molar-refractivity contribution in [1.29, 1.82) is 0 Å². The van der Waals surface area contributed by atoms with E-state index in [9.17, 15) is 0 Å². The van der Waals surface area contributed by atoms with E-state index >= 15 is 0 Å². The lowest BCUT2D eigenvalue weighted by Gasteiger charge is -2.18. The molecule has 0 atom stereocenters. The molecular formula is C11H23N. The van der Waals surface area contributed by atoms with Gasteiger partial charge in [-0.05, 0) is 32.2 Å². The zero-order valence-electron chi connectivity index (χ0n) is 9.20. The standard InChI is InChI=1S/C11H23N/c1-6-10(2)9-12-8-7-11(3,4)5/h6,12H,7-9H2,1-5H3/b10-6-. The second kappa shape index (κ2) is 5.36. The molecule has 1 heteroatoms. The van der Waals surface area contributed by atoms with E-state index in [0.717, 1.165) is 13.1 Å². The van der Waals surface area contributed by atoms with Gasteiger partial charge in [0, 0.05) is 6.54 Å². The Bertz CT molecular complexity index is 140. The molecule has 0 saturated carbocycles. The second-order valence-corrected chi connectivity index (χ2v) is 4.62. The van der Waals surface area contributed by atoms with Crippen LogP contribution in [0.25, 0.3) is 0 Å². The lowest BCUT2D eigenvalue weighted by Crippen LogP contribution is -2.22. The van der Waals surface area contributed by atoms with Gasteiger partial charge in [0.1, 0.15) is 0 Å².